The van der Waals surface area contributed by atoms with Crippen molar-refractivity contribution in [3.63, 3.8) is 0 Å². The normalized spacial score (nSPS) is 10.8. The highest BCUT2D eigenvalue weighted by Gasteiger charge is 2.15. The van der Waals surface area contributed by atoms with Gasteiger partial charge in [-0.1, -0.05) is 18.2 Å². The largest absolute Gasteiger partial charge is 1.00 e. The van der Waals surface area contributed by atoms with E-state index in [1.54, 1.807) is 0 Å². The molecule has 1 N–H and O–H groups in total. The van der Waals surface area contributed by atoms with Gasteiger partial charge in [-0.2, -0.15) is 0 Å². The van der Waals surface area contributed by atoms with Crippen molar-refractivity contribution in [1.29, 1.82) is 0 Å². The summed E-state index contributed by atoms with van der Waals surface area (Å²) in [5.74, 6) is 0. The van der Waals surface area contributed by atoms with Gasteiger partial charge in [-0.15, -0.1) is 0 Å². The minimum Gasteiger partial charge on any atom is -1.00 e. The van der Waals surface area contributed by atoms with E-state index in [2.05, 4.69) is 21.1 Å². The first-order chi connectivity index (χ1) is 5.55. The molecule has 1 aromatic carbocycles. The van der Waals surface area contributed by atoms with Gasteiger partial charge in [0, 0.05) is 5.56 Å². The van der Waals surface area contributed by atoms with Crippen LogP contribution in [0.4, 0.5) is 5.69 Å². The quantitative estimate of drug-likeness (QED) is 0.513. The number of hydrogen-bond donors (Lipinski definition) is 1. The molecule has 0 aliphatic carbocycles. The molecular weight excluding hydrogens is 277 g/mol. The molecule has 2 nitrogen and oxygen atoms in total. The third kappa shape index (κ3) is 3.25. The number of aliphatic hydroxyl groups is 1. The summed E-state index contributed by atoms with van der Waals surface area (Å²) in [5, 5.41) is 9.07. The Morgan fingerprint density at radius 3 is 2.08 bits per heavy atom. The predicted octanol–water partition coefficient (Wildman–Crippen LogP) is -1.62. The molecule has 1 rings (SSSR count). The summed E-state index contributed by atoms with van der Waals surface area (Å²) in [5.41, 5.74) is 2.17. The summed E-state index contributed by atoms with van der Waals surface area (Å²) in [7, 11) is 6.28. The molecule has 1 aromatic rings. The minimum absolute atomic E-state index is 0. The van der Waals surface area contributed by atoms with Crippen molar-refractivity contribution in [3.8, 4) is 0 Å². The molecule has 0 spiro atoms. The highest BCUT2D eigenvalue weighted by atomic mass is 127. The third-order valence-electron chi connectivity index (χ3n) is 1.88. The second-order valence-electron chi connectivity index (χ2n) is 3.80. The standard InChI is InChI=1S/C10H16NO.HI/c1-11(2,3)10-7-5-4-6-9(10)8-12;/h4-7,12H,8H2,1-3H3;1H/q+1;/p-1. The zero-order chi connectivity index (χ0) is 9.19. The lowest BCUT2D eigenvalue weighted by atomic mass is 10.1. The van der Waals surface area contributed by atoms with Crippen molar-refractivity contribution in [2.45, 2.75) is 6.61 Å². The van der Waals surface area contributed by atoms with Crippen LogP contribution in [0.3, 0.4) is 0 Å². The Morgan fingerprint density at radius 2 is 1.69 bits per heavy atom. The van der Waals surface area contributed by atoms with Crippen LogP contribution in [0.5, 0.6) is 0 Å². The molecule has 0 saturated carbocycles. The maximum absolute atomic E-state index is 9.07. The van der Waals surface area contributed by atoms with Crippen LogP contribution in [-0.4, -0.2) is 26.2 Å². The van der Waals surface area contributed by atoms with Crippen LogP contribution in [0, 0.1) is 0 Å². The van der Waals surface area contributed by atoms with Crippen molar-refractivity contribution in [2.24, 2.45) is 0 Å². The monoisotopic (exact) mass is 293 g/mol. The average molecular weight is 293 g/mol. The first-order valence-electron chi connectivity index (χ1n) is 4.06. The predicted molar refractivity (Wildman–Crippen MR) is 51.9 cm³/mol. The summed E-state index contributed by atoms with van der Waals surface area (Å²) in [4.78, 5) is 0. The number of aliphatic hydroxyl groups excluding tert-OH is 1. The van der Waals surface area contributed by atoms with Crippen LogP contribution < -0.4 is 28.5 Å². The number of rotatable bonds is 2. The van der Waals surface area contributed by atoms with Gasteiger partial charge in [-0.25, -0.2) is 0 Å². The summed E-state index contributed by atoms with van der Waals surface area (Å²) < 4.78 is 0.747. The lowest BCUT2D eigenvalue weighted by Crippen LogP contribution is -3.00. The van der Waals surface area contributed by atoms with E-state index < -0.39 is 0 Å². The molecule has 0 bridgehead atoms. The van der Waals surface area contributed by atoms with Gasteiger partial charge in [-0.05, 0) is 6.07 Å². The summed E-state index contributed by atoms with van der Waals surface area (Å²) >= 11 is 0. The Bertz CT molecular complexity index is 268. The smallest absolute Gasteiger partial charge is 0.137 e. The number of quaternary nitrogens is 1. The molecule has 0 atom stereocenters. The Kier molecular flexibility index (Phi) is 4.88. The van der Waals surface area contributed by atoms with Crippen LogP contribution in [0.15, 0.2) is 24.3 Å². The first-order valence-corrected chi connectivity index (χ1v) is 4.06. The Labute approximate surface area is 96.8 Å². The zero-order valence-corrected chi connectivity index (χ0v) is 10.4. The summed E-state index contributed by atoms with van der Waals surface area (Å²) in [6, 6.07) is 7.95. The van der Waals surface area contributed by atoms with Crippen molar-refractivity contribution in [2.75, 3.05) is 21.1 Å². The molecule has 0 aromatic heterocycles. The zero-order valence-electron chi connectivity index (χ0n) is 8.29. The fourth-order valence-electron chi connectivity index (χ4n) is 1.30. The number of benzene rings is 1. The number of para-hydroxylation sites is 1. The highest BCUT2D eigenvalue weighted by molar-refractivity contribution is 5.48. The van der Waals surface area contributed by atoms with Gasteiger partial charge in [0.15, 0.2) is 0 Å². The van der Waals surface area contributed by atoms with Crippen LogP contribution in [0.1, 0.15) is 5.56 Å². The Hall–Kier alpha value is -0.130. The van der Waals surface area contributed by atoms with E-state index in [-0.39, 0.29) is 30.6 Å². The van der Waals surface area contributed by atoms with E-state index in [0.717, 1.165) is 10.0 Å². The van der Waals surface area contributed by atoms with Gasteiger partial charge >= 0.3 is 0 Å². The molecule has 0 fully saturated rings. The minimum atomic E-state index is 0. The van der Waals surface area contributed by atoms with E-state index >= 15 is 0 Å². The number of halogens is 1. The molecular formula is C10H16INO. The SMILES string of the molecule is C[N+](C)(C)c1ccccc1CO.[I-]. The van der Waals surface area contributed by atoms with E-state index in [4.69, 9.17) is 5.11 Å². The van der Waals surface area contributed by atoms with Crippen LogP contribution in [0.25, 0.3) is 0 Å². The van der Waals surface area contributed by atoms with Crippen molar-refractivity contribution >= 4 is 5.69 Å². The molecule has 0 aliphatic rings. The summed E-state index contributed by atoms with van der Waals surface area (Å²) in [6.45, 7) is 0.117. The molecule has 3 heteroatoms. The van der Waals surface area contributed by atoms with E-state index in [9.17, 15) is 0 Å². The molecule has 74 valence electrons. The first kappa shape index (κ1) is 12.9. The van der Waals surface area contributed by atoms with Gasteiger partial charge in [0.25, 0.3) is 0 Å². The molecule has 13 heavy (non-hydrogen) atoms. The van der Waals surface area contributed by atoms with Crippen LogP contribution in [0.2, 0.25) is 0 Å². The molecule has 0 heterocycles. The fourth-order valence-corrected chi connectivity index (χ4v) is 1.30. The van der Waals surface area contributed by atoms with Crippen LogP contribution >= 0.6 is 0 Å². The Balaban J connectivity index is 0.00000144. The van der Waals surface area contributed by atoms with Gasteiger partial charge in [0.2, 0.25) is 0 Å². The second kappa shape index (κ2) is 4.93. The fraction of sp³-hybridized carbons (Fsp3) is 0.400. The van der Waals surface area contributed by atoms with E-state index in [1.807, 2.05) is 24.3 Å². The topological polar surface area (TPSA) is 20.2 Å². The van der Waals surface area contributed by atoms with E-state index in [1.165, 1.54) is 5.69 Å². The second-order valence-corrected chi connectivity index (χ2v) is 3.80. The van der Waals surface area contributed by atoms with E-state index in [0.29, 0.717) is 0 Å². The third-order valence-corrected chi connectivity index (χ3v) is 1.88. The maximum Gasteiger partial charge on any atom is 0.137 e. The van der Waals surface area contributed by atoms with Gasteiger partial charge in [-0.3, -0.25) is 4.48 Å². The lowest BCUT2D eigenvalue weighted by molar-refractivity contribution is -0.00000371. The van der Waals surface area contributed by atoms with Gasteiger partial charge in [0.1, 0.15) is 5.69 Å². The molecule has 0 unspecified atom stereocenters. The van der Waals surface area contributed by atoms with Gasteiger partial charge < -0.3 is 29.1 Å². The van der Waals surface area contributed by atoms with Gasteiger partial charge in [0.05, 0.1) is 27.7 Å². The summed E-state index contributed by atoms with van der Waals surface area (Å²) in [6.07, 6.45) is 0. The number of nitrogens with zero attached hydrogens (tertiary/aromatic N) is 1. The average Bonchev–Trinajstić information content (AvgIpc) is 2.03. The molecule has 0 aliphatic heterocycles. The van der Waals surface area contributed by atoms with Crippen molar-refractivity contribution in [1.82, 2.24) is 4.48 Å². The molecule has 0 saturated heterocycles. The highest BCUT2D eigenvalue weighted by Crippen LogP contribution is 2.21. The Morgan fingerprint density at radius 1 is 1.15 bits per heavy atom. The lowest BCUT2D eigenvalue weighted by Gasteiger charge is -2.25. The molecule has 0 amide bonds. The van der Waals surface area contributed by atoms with Crippen molar-refractivity contribution < 1.29 is 29.1 Å². The number of hydrogen-bond acceptors (Lipinski definition) is 1. The van der Waals surface area contributed by atoms with Crippen LogP contribution in [-0.2, 0) is 6.61 Å². The van der Waals surface area contributed by atoms with Crippen molar-refractivity contribution in [3.05, 3.63) is 29.8 Å². The maximum atomic E-state index is 9.07. The molecule has 0 radical (unpaired) electrons.